The third-order valence-electron chi connectivity index (χ3n) is 3.29. The summed E-state index contributed by atoms with van der Waals surface area (Å²) in [5.41, 5.74) is 0. The molecule has 0 aliphatic rings. The quantitative estimate of drug-likeness (QED) is 0.541. The first kappa shape index (κ1) is 20.8. The van der Waals surface area contributed by atoms with E-state index in [-0.39, 0.29) is 0 Å². The first-order valence-electron chi connectivity index (χ1n) is 7.81. The van der Waals surface area contributed by atoms with Crippen molar-refractivity contribution in [1.82, 2.24) is 18.8 Å². The fourth-order valence-corrected chi connectivity index (χ4v) is 3.45. The van der Waals surface area contributed by atoms with Gasteiger partial charge in [-0.2, -0.15) is 17.0 Å². The van der Waals surface area contributed by atoms with Gasteiger partial charge in [0.05, 0.1) is 0 Å². The Morgan fingerprint density at radius 2 is 1.62 bits per heavy atom. The standard InChI is InChI=1S/C14H34N4O2S/c1-7-18(13-9-11-16(4)5)21(19,20)17(6)12-8-10-15-14(2)3/h14-15H,7-13H2,1-6H3. The van der Waals surface area contributed by atoms with Crippen LogP contribution in [0.25, 0.3) is 0 Å². The number of hydrogen-bond donors (Lipinski definition) is 1. The van der Waals surface area contributed by atoms with Crippen LogP contribution in [0.3, 0.4) is 0 Å². The number of nitrogens with one attached hydrogen (secondary N) is 1. The van der Waals surface area contributed by atoms with Crippen molar-refractivity contribution >= 4 is 10.2 Å². The molecule has 0 fully saturated rings. The van der Waals surface area contributed by atoms with Gasteiger partial charge in [-0.1, -0.05) is 20.8 Å². The van der Waals surface area contributed by atoms with E-state index in [1.165, 1.54) is 4.31 Å². The Bertz CT molecular complexity index is 358. The molecule has 21 heavy (non-hydrogen) atoms. The molecule has 1 N–H and O–H groups in total. The molecule has 128 valence electrons. The lowest BCUT2D eigenvalue weighted by atomic mass is 10.3. The van der Waals surface area contributed by atoms with Gasteiger partial charge in [-0.05, 0) is 40.0 Å². The van der Waals surface area contributed by atoms with E-state index in [1.54, 1.807) is 11.4 Å². The van der Waals surface area contributed by atoms with Crippen LogP contribution in [-0.4, -0.2) is 81.8 Å². The van der Waals surface area contributed by atoms with Gasteiger partial charge in [-0.15, -0.1) is 0 Å². The van der Waals surface area contributed by atoms with Gasteiger partial charge in [0, 0.05) is 32.7 Å². The molecule has 0 aromatic heterocycles. The molecule has 0 spiro atoms. The Morgan fingerprint density at radius 3 is 2.10 bits per heavy atom. The average Bonchev–Trinajstić information content (AvgIpc) is 2.38. The summed E-state index contributed by atoms with van der Waals surface area (Å²) in [5.74, 6) is 0. The second-order valence-corrected chi connectivity index (χ2v) is 7.98. The zero-order valence-corrected chi connectivity index (χ0v) is 15.4. The molecule has 7 heteroatoms. The van der Waals surface area contributed by atoms with Crippen molar-refractivity contribution in [1.29, 1.82) is 0 Å². The lowest BCUT2D eigenvalue weighted by molar-refractivity contribution is 0.333. The van der Waals surface area contributed by atoms with E-state index >= 15 is 0 Å². The summed E-state index contributed by atoms with van der Waals surface area (Å²) in [6.45, 7) is 9.44. The maximum absolute atomic E-state index is 12.5. The van der Waals surface area contributed by atoms with Crippen molar-refractivity contribution in [2.75, 3.05) is 53.9 Å². The van der Waals surface area contributed by atoms with Crippen LogP contribution in [0, 0.1) is 0 Å². The van der Waals surface area contributed by atoms with Gasteiger partial charge in [-0.25, -0.2) is 0 Å². The molecule has 0 aliphatic heterocycles. The molecule has 0 radical (unpaired) electrons. The van der Waals surface area contributed by atoms with E-state index < -0.39 is 10.2 Å². The summed E-state index contributed by atoms with van der Waals surface area (Å²) in [4.78, 5) is 2.07. The molecule has 0 rings (SSSR count). The van der Waals surface area contributed by atoms with E-state index in [2.05, 4.69) is 24.1 Å². The van der Waals surface area contributed by atoms with Crippen molar-refractivity contribution in [3.63, 3.8) is 0 Å². The topological polar surface area (TPSA) is 55.9 Å². The van der Waals surface area contributed by atoms with Crippen molar-refractivity contribution < 1.29 is 8.42 Å². The molecule has 0 amide bonds. The number of rotatable bonds is 12. The molecule has 0 unspecified atom stereocenters. The van der Waals surface area contributed by atoms with E-state index in [9.17, 15) is 8.42 Å². The van der Waals surface area contributed by atoms with Crippen LogP contribution in [0.5, 0.6) is 0 Å². The minimum Gasteiger partial charge on any atom is -0.314 e. The highest BCUT2D eigenvalue weighted by Crippen LogP contribution is 2.08. The Balaban J connectivity index is 4.32. The fourth-order valence-electron chi connectivity index (χ4n) is 2.00. The third-order valence-corrected chi connectivity index (χ3v) is 5.35. The molecule has 0 aliphatic carbocycles. The molecule has 0 aromatic rings. The van der Waals surface area contributed by atoms with Gasteiger partial charge in [0.2, 0.25) is 0 Å². The minimum absolute atomic E-state index is 0.435. The average molecular weight is 323 g/mol. The summed E-state index contributed by atoms with van der Waals surface area (Å²) in [6.07, 6.45) is 1.67. The molecular formula is C14H34N4O2S. The maximum atomic E-state index is 12.5. The van der Waals surface area contributed by atoms with Crippen LogP contribution in [0.2, 0.25) is 0 Å². The Kier molecular flexibility index (Phi) is 10.4. The van der Waals surface area contributed by atoms with E-state index in [0.29, 0.717) is 25.7 Å². The summed E-state index contributed by atoms with van der Waals surface area (Å²) < 4.78 is 28.0. The van der Waals surface area contributed by atoms with Crippen molar-refractivity contribution in [2.24, 2.45) is 0 Å². The third kappa shape index (κ3) is 8.73. The second-order valence-electron chi connectivity index (χ2n) is 5.94. The molecule has 0 atom stereocenters. The van der Waals surface area contributed by atoms with Crippen LogP contribution in [0.1, 0.15) is 33.6 Å². The lowest BCUT2D eigenvalue weighted by Crippen LogP contribution is -2.43. The largest absolute Gasteiger partial charge is 0.314 e. The Hall–Kier alpha value is -0.210. The summed E-state index contributed by atoms with van der Waals surface area (Å²) in [6, 6.07) is 0.435. The van der Waals surface area contributed by atoms with Gasteiger partial charge in [0.25, 0.3) is 10.2 Å². The van der Waals surface area contributed by atoms with Crippen molar-refractivity contribution in [2.45, 2.75) is 39.7 Å². The first-order valence-corrected chi connectivity index (χ1v) is 9.21. The van der Waals surface area contributed by atoms with Crippen LogP contribution in [0.15, 0.2) is 0 Å². The molecule has 6 nitrogen and oxygen atoms in total. The van der Waals surface area contributed by atoms with Crippen molar-refractivity contribution in [3.05, 3.63) is 0 Å². The number of hydrogen-bond acceptors (Lipinski definition) is 4. The Morgan fingerprint density at radius 1 is 1.00 bits per heavy atom. The van der Waals surface area contributed by atoms with Crippen LogP contribution < -0.4 is 5.32 Å². The van der Waals surface area contributed by atoms with Gasteiger partial charge >= 0.3 is 0 Å². The molecule has 0 saturated carbocycles. The summed E-state index contributed by atoms with van der Waals surface area (Å²) >= 11 is 0. The van der Waals surface area contributed by atoms with E-state index in [1.807, 2.05) is 21.0 Å². The maximum Gasteiger partial charge on any atom is 0.281 e. The fraction of sp³-hybridized carbons (Fsp3) is 1.00. The first-order chi connectivity index (χ1) is 9.71. The van der Waals surface area contributed by atoms with Crippen molar-refractivity contribution in [3.8, 4) is 0 Å². The zero-order chi connectivity index (χ0) is 16.5. The number of nitrogens with zero attached hydrogens (tertiary/aromatic N) is 3. The molecule has 0 saturated heterocycles. The van der Waals surface area contributed by atoms with Crippen LogP contribution >= 0.6 is 0 Å². The molecule has 0 heterocycles. The van der Waals surface area contributed by atoms with E-state index in [0.717, 1.165) is 25.9 Å². The smallest absolute Gasteiger partial charge is 0.281 e. The predicted molar refractivity (Wildman–Crippen MR) is 89.7 cm³/mol. The van der Waals surface area contributed by atoms with Crippen LogP contribution in [-0.2, 0) is 10.2 Å². The Labute approximate surface area is 131 Å². The van der Waals surface area contributed by atoms with Gasteiger partial charge in [-0.3, -0.25) is 0 Å². The van der Waals surface area contributed by atoms with Crippen LogP contribution in [0.4, 0.5) is 0 Å². The normalized spacial score (nSPS) is 13.0. The highest BCUT2D eigenvalue weighted by molar-refractivity contribution is 7.86. The highest BCUT2D eigenvalue weighted by Gasteiger charge is 2.24. The molecule has 0 aromatic carbocycles. The summed E-state index contributed by atoms with van der Waals surface area (Å²) in [5, 5.41) is 3.30. The molecule has 0 bridgehead atoms. The SMILES string of the molecule is CCN(CCCN(C)C)S(=O)(=O)N(C)CCCNC(C)C. The second kappa shape index (κ2) is 10.5. The van der Waals surface area contributed by atoms with Gasteiger partial charge in [0.1, 0.15) is 0 Å². The highest BCUT2D eigenvalue weighted by atomic mass is 32.2. The lowest BCUT2D eigenvalue weighted by Gasteiger charge is -2.27. The summed E-state index contributed by atoms with van der Waals surface area (Å²) in [7, 11) is 2.33. The minimum atomic E-state index is -3.33. The van der Waals surface area contributed by atoms with E-state index in [4.69, 9.17) is 0 Å². The monoisotopic (exact) mass is 322 g/mol. The van der Waals surface area contributed by atoms with Gasteiger partial charge in [0.15, 0.2) is 0 Å². The molecular weight excluding hydrogens is 288 g/mol. The zero-order valence-electron chi connectivity index (χ0n) is 14.6. The van der Waals surface area contributed by atoms with Gasteiger partial charge < -0.3 is 10.2 Å². The predicted octanol–water partition coefficient (Wildman–Crippen LogP) is 0.825.